The Kier molecular flexibility index (Phi) is 12.1. The van der Waals surface area contributed by atoms with Crippen LogP contribution in [0, 0.1) is 0 Å². The first-order chi connectivity index (χ1) is 23.2. The van der Waals surface area contributed by atoms with E-state index in [-0.39, 0.29) is 23.9 Å². The number of benzene rings is 4. The number of hydrazine groups is 1. The minimum Gasteiger partial charge on any atom is -0.494 e. The van der Waals surface area contributed by atoms with Crippen LogP contribution in [0.2, 0.25) is 20.1 Å². The lowest BCUT2D eigenvalue weighted by molar-refractivity contribution is -0.130. The van der Waals surface area contributed by atoms with Crippen LogP contribution < -0.4 is 15.6 Å². The Morgan fingerprint density at radius 2 is 1.71 bits per heavy atom. The monoisotopic (exact) mass is 726 g/mol. The highest BCUT2D eigenvalue weighted by molar-refractivity contribution is 6.35. The van der Waals surface area contributed by atoms with Crippen molar-refractivity contribution in [2.45, 2.75) is 30.9 Å². The molecule has 0 saturated heterocycles. The summed E-state index contributed by atoms with van der Waals surface area (Å²) >= 11 is 25.4. The van der Waals surface area contributed by atoms with Gasteiger partial charge in [0.25, 0.3) is 5.91 Å². The number of rotatable bonds is 14. The largest absolute Gasteiger partial charge is 0.494 e. The molecule has 0 bridgehead atoms. The minimum atomic E-state index is -1.64. The third kappa shape index (κ3) is 8.35. The molecule has 1 aliphatic heterocycles. The zero-order valence-electron chi connectivity index (χ0n) is 25.4. The summed E-state index contributed by atoms with van der Waals surface area (Å²) in [4.78, 5) is 22.4. The molecule has 10 nitrogen and oxygen atoms in total. The van der Waals surface area contributed by atoms with Gasteiger partial charge in [0, 0.05) is 67.8 Å². The topological polar surface area (TPSA) is 141 Å². The molecule has 14 heteroatoms. The third-order valence-electron chi connectivity index (χ3n) is 7.62. The average molecular weight is 728 g/mol. The number of carbonyl (C=O) groups is 1. The summed E-state index contributed by atoms with van der Waals surface area (Å²) < 4.78 is 12.2. The second kappa shape index (κ2) is 16.4. The van der Waals surface area contributed by atoms with Crippen molar-refractivity contribution in [2.75, 3.05) is 19.8 Å². The Morgan fingerprint density at radius 1 is 0.979 bits per heavy atom. The molecule has 0 saturated carbocycles. The normalized spacial score (nSPS) is 16.9. The number of nitrogens with zero attached hydrogens (tertiary/aromatic N) is 4. The van der Waals surface area contributed by atoms with Gasteiger partial charge in [-0.05, 0) is 71.6 Å². The molecular formula is C34H30Cl4N6O4. The van der Waals surface area contributed by atoms with E-state index in [1.165, 1.54) is 0 Å². The smallest absolute Gasteiger partial charge is 0.266 e. The summed E-state index contributed by atoms with van der Waals surface area (Å²) in [6.45, 7) is 0.712. The van der Waals surface area contributed by atoms with Crippen LogP contribution in [0.1, 0.15) is 34.8 Å². The number of ether oxygens (including phenoxy) is 2. The van der Waals surface area contributed by atoms with Crippen molar-refractivity contribution < 1.29 is 19.4 Å². The summed E-state index contributed by atoms with van der Waals surface area (Å²) in [5.41, 5.74) is 16.3. The lowest BCUT2D eigenvalue weighted by atomic mass is 9.81. The number of carbonyl (C=O) groups excluding carboxylic acids is 1. The van der Waals surface area contributed by atoms with E-state index < -0.39 is 17.6 Å². The van der Waals surface area contributed by atoms with Crippen LogP contribution in [0.3, 0.4) is 0 Å². The van der Waals surface area contributed by atoms with Crippen LogP contribution >= 0.6 is 46.4 Å². The number of hydrogen-bond acceptors (Lipinski definition) is 7. The van der Waals surface area contributed by atoms with Gasteiger partial charge >= 0.3 is 0 Å². The highest BCUT2D eigenvalue weighted by atomic mass is 35.5. The van der Waals surface area contributed by atoms with Crippen LogP contribution in [0.25, 0.3) is 10.4 Å². The van der Waals surface area contributed by atoms with E-state index in [0.29, 0.717) is 69.2 Å². The zero-order chi connectivity index (χ0) is 34.1. The molecule has 0 unspecified atom stereocenters. The van der Waals surface area contributed by atoms with Gasteiger partial charge in [-0.3, -0.25) is 10.2 Å². The van der Waals surface area contributed by atoms with Crippen LogP contribution in [0.15, 0.2) is 95.0 Å². The number of aliphatic hydroxyl groups is 1. The highest BCUT2D eigenvalue weighted by Crippen LogP contribution is 2.46. The molecule has 4 aromatic carbocycles. The number of aliphatic hydroxyl groups excluding tert-OH is 1. The van der Waals surface area contributed by atoms with E-state index in [4.69, 9.17) is 66.0 Å². The Morgan fingerprint density at radius 3 is 2.42 bits per heavy atom. The van der Waals surface area contributed by atoms with Gasteiger partial charge in [0.2, 0.25) is 5.90 Å². The third-order valence-corrected chi connectivity index (χ3v) is 8.76. The van der Waals surface area contributed by atoms with Gasteiger partial charge in [-0.15, -0.1) is 0 Å². The number of hydrogen-bond donors (Lipinski definition) is 3. The lowest BCUT2D eigenvalue weighted by Gasteiger charge is -2.31. The number of azide groups is 1. The van der Waals surface area contributed by atoms with Gasteiger partial charge in [-0.25, -0.2) is 10.4 Å². The Balaban J connectivity index is 1.54. The lowest BCUT2D eigenvalue weighted by Crippen LogP contribution is -2.54. The molecule has 3 N–H and O–H groups in total. The summed E-state index contributed by atoms with van der Waals surface area (Å²) in [7, 11) is 0. The van der Waals surface area contributed by atoms with Gasteiger partial charge in [-0.2, -0.15) is 0 Å². The van der Waals surface area contributed by atoms with Crippen LogP contribution in [0.5, 0.6) is 5.75 Å². The maximum absolute atomic E-state index is 14.5. The summed E-state index contributed by atoms with van der Waals surface area (Å²) in [6.07, 6.45) is -0.0533. The number of nitrogens with one attached hydrogen (secondary N) is 2. The van der Waals surface area contributed by atoms with E-state index in [1.807, 2.05) is 6.07 Å². The second-order valence-corrected chi connectivity index (χ2v) is 12.5. The van der Waals surface area contributed by atoms with Crippen molar-refractivity contribution in [1.29, 1.82) is 0 Å². The molecule has 1 amide bonds. The van der Waals surface area contributed by atoms with Gasteiger partial charge in [0.05, 0.1) is 6.61 Å². The van der Waals surface area contributed by atoms with Crippen molar-refractivity contribution in [1.82, 2.24) is 10.9 Å². The summed E-state index contributed by atoms with van der Waals surface area (Å²) in [5, 5.41) is 14.7. The fourth-order valence-corrected chi connectivity index (χ4v) is 6.25. The molecule has 0 aliphatic carbocycles. The van der Waals surface area contributed by atoms with Gasteiger partial charge in [0.1, 0.15) is 5.75 Å². The van der Waals surface area contributed by atoms with E-state index in [1.54, 1.807) is 78.9 Å². The summed E-state index contributed by atoms with van der Waals surface area (Å²) in [6, 6.07) is 24.2. The van der Waals surface area contributed by atoms with E-state index in [2.05, 4.69) is 20.9 Å². The maximum atomic E-state index is 14.5. The van der Waals surface area contributed by atoms with Crippen molar-refractivity contribution >= 4 is 63.9 Å². The molecule has 0 fully saturated rings. The first-order valence-electron chi connectivity index (χ1n) is 14.9. The standard InChI is InChI=1S/C34H30Cl4N6O4/c35-24-9-6-21(28(37)18-24)14-15-40-43-33(46)34(20-23-4-1-2-5-30(23)42-44-39)31(27-13-10-25(36)19-29(27)38)48-32(41-34)22-7-11-26(12-8-22)47-17-3-16-45/h1-2,4-13,18-19,31,40,45H,3,14-17,20H2,(H,43,46)/t31-,34-/m0/s1. The molecule has 1 heterocycles. The predicted octanol–water partition coefficient (Wildman–Crippen LogP) is 8.37. The molecule has 248 valence electrons. The average Bonchev–Trinajstić information content (AvgIpc) is 3.45. The molecule has 2 atom stereocenters. The van der Waals surface area contributed by atoms with E-state index in [0.717, 1.165) is 5.56 Å². The van der Waals surface area contributed by atoms with Gasteiger partial charge in [-0.1, -0.05) is 87.9 Å². The Labute approximate surface area is 297 Å². The quantitative estimate of drug-likeness (QED) is 0.0394. The summed E-state index contributed by atoms with van der Waals surface area (Å²) in [5.74, 6) is 0.271. The molecule has 48 heavy (non-hydrogen) atoms. The maximum Gasteiger partial charge on any atom is 0.266 e. The van der Waals surface area contributed by atoms with Crippen LogP contribution in [0.4, 0.5) is 5.69 Å². The first kappa shape index (κ1) is 35.3. The molecule has 1 aliphatic rings. The minimum absolute atomic E-state index is 0.0196. The van der Waals surface area contributed by atoms with Crippen LogP contribution in [-0.2, 0) is 22.4 Å². The predicted molar refractivity (Wildman–Crippen MR) is 188 cm³/mol. The molecule has 0 radical (unpaired) electrons. The number of amides is 1. The van der Waals surface area contributed by atoms with Crippen molar-refractivity contribution in [3.05, 3.63) is 138 Å². The second-order valence-electron chi connectivity index (χ2n) is 10.8. The Hall–Kier alpha value is -3.99. The molecule has 5 rings (SSSR count). The van der Waals surface area contributed by atoms with Crippen molar-refractivity contribution in [3.63, 3.8) is 0 Å². The van der Waals surface area contributed by atoms with Gasteiger partial charge in [0.15, 0.2) is 11.6 Å². The highest BCUT2D eigenvalue weighted by Gasteiger charge is 2.54. The number of aliphatic imine (C=N–C) groups is 1. The van der Waals surface area contributed by atoms with Crippen molar-refractivity contribution in [3.8, 4) is 5.75 Å². The van der Waals surface area contributed by atoms with E-state index in [9.17, 15) is 10.3 Å². The molecule has 0 spiro atoms. The zero-order valence-corrected chi connectivity index (χ0v) is 28.4. The molecule has 4 aromatic rings. The van der Waals surface area contributed by atoms with Gasteiger partial charge < -0.3 is 14.6 Å². The van der Waals surface area contributed by atoms with Crippen molar-refractivity contribution in [2.24, 2.45) is 10.1 Å². The SMILES string of the molecule is [N-]=[N+]=Nc1ccccc1C[C@]1(C(=O)NNCCc2ccc(Cl)cc2Cl)N=C(c2ccc(OCCCO)cc2)O[C@H]1c1ccc(Cl)cc1Cl. The Bertz CT molecular complexity index is 1850. The number of halogens is 4. The van der Waals surface area contributed by atoms with E-state index >= 15 is 0 Å². The fourth-order valence-electron chi connectivity index (χ4n) is 5.24. The molecule has 0 aromatic heterocycles. The molecular weight excluding hydrogens is 698 g/mol. The first-order valence-corrected chi connectivity index (χ1v) is 16.4. The van der Waals surface area contributed by atoms with Crippen LogP contribution in [-0.4, -0.2) is 42.2 Å². The fraction of sp³-hybridized carbons (Fsp3) is 0.235.